The Morgan fingerprint density at radius 2 is 1.84 bits per heavy atom. The third-order valence-electron chi connectivity index (χ3n) is 6.27. The Morgan fingerprint density at radius 3 is 2.55 bits per heavy atom. The Hall–Kier alpha value is -0.160. The van der Waals surface area contributed by atoms with Crippen LogP contribution in [0.3, 0.4) is 0 Å². The molecule has 0 aromatic rings. The molecule has 7 nitrogen and oxygen atoms in total. The second-order valence-electron chi connectivity index (χ2n) is 8.73. The van der Waals surface area contributed by atoms with E-state index in [0.717, 1.165) is 110 Å². The van der Waals surface area contributed by atoms with Crippen LogP contribution in [-0.4, -0.2) is 88.9 Å². The lowest BCUT2D eigenvalue weighted by atomic mass is 10.0. The predicted molar refractivity (Wildman–Crippen MR) is 135 cm³/mol. The van der Waals surface area contributed by atoms with Crippen LogP contribution in [0.15, 0.2) is 4.99 Å². The number of halogens is 1. The molecular formula is C23H44IN3O4. The number of hydrogen-bond donors (Lipinski definition) is 1. The van der Waals surface area contributed by atoms with Crippen LogP contribution in [0.25, 0.3) is 0 Å². The molecular weight excluding hydrogens is 509 g/mol. The van der Waals surface area contributed by atoms with Crippen molar-refractivity contribution in [3.8, 4) is 0 Å². The minimum absolute atomic E-state index is 0. The highest BCUT2D eigenvalue weighted by atomic mass is 127. The molecule has 3 heterocycles. The van der Waals surface area contributed by atoms with E-state index in [0.29, 0.717) is 18.1 Å². The number of aliphatic imine (C=N–C) groups is 1. The summed E-state index contributed by atoms with van der Waals surface area (Å²) in [5.74, 6) is 1.71. The van der Waals surface area contributed by atoms with Crippen LogP contribution in [0.5, 0.6) is 0 Å². The molecule has 0 amide bonds. The number of guanidine groups is 1. The van der Waals surface area contributed by atoms with Gasteiger partial charge in [0.05, 0.1) is 18.8 Å². The Kier molecular flexibility index (Phi) is 14.4. The van der Waals surface area contributed by atoms with Crippen LogP contribution < -0.4 is 5.32 Å². The standard InChI is InChI=1S/C23H43N3O4.HI/c1-2-24-23(25-11-5-14-28-18-20-9-16-27-17-10-20)26-12-7-21(8-13-26)30-19-22-6-3-4-15-29-22;/h20-22H,2-19H2,1H3,(H,24,25);1H. The lowest BCUT2D eigenvalue weighted by Gasteiger charge is -2.35. The fourth-order valence-corrected chi connectivity index (χ4v) is 4.36. The molecule has 3 saturated heterocycles. The lowest BCUT2D eigenvalue weighted by molar-refractivity contribution is -0.0721. The van der Waals surface area contributed by atoms with Crippen molar-refractivity contribution >= 4 is 29.9 Å². The molecule has 3 aliphatic rings. The molecule has 1 unspecified atom stereocenters. The van der Waals surface area contributed by atoms with Crippen LogP contribution in [0.2, 0.25) is 0 Å². The van der Waals surface area contributed by atoms with Gasteiger partial charge in [-0.2, -0.15) is 0 Å². The van der Waals surface area contributed by atoms with Gasteiger partial charge in [-0.05, 0) is 64.2 Å². The summed E-state index contributed by atoms with van der Waals surface area (Å²) in [6.07, 6.45) is 9.65. The van der Waals surface area contributed by atoms with Gasteiger partial charge in [0.2, 0.25) is 0 Å². The van der Waals surface area contributed by atoms with E-state index in [2.05, 4.69) is 17.1 Å². The van der Waals surface area contributed by atoms with Crippen molar-refractivity contribution in [3.63, 3.8) is 0 Å². The second kappa shape index (κ2) is 16.5. The number of ether oxygens (including phenoxy) is 4. The monoisotopic (exact) mass is 553 g/mol. The number of nitrogens with one attached hydrogen (secondary N) is 1. The van der Waals surface area contributed by atoms with Crippen LogP contribution in [-0.2, 0) is 18.9 Å². The molecule has 3 fully saturated rings. The molecule has 182 valence electrons. The maximum Gasteiger partial charge on any atom is 0.193 e. The zero-order valence-corrected chi connectivity index (χ0v) is 21.7. The summed E-state index contributed by atoms with van der Waals surface area (Å²) in [6, 6.07) is 0. The quantitative estimate of drug-likeness (QED) is 0.194. The molecule has 0 spiro atoms. The zero-order chi connectivity index (χ0) is 20.9. The van der Waals surface area contributed by atoms with E-state index in [-0.39, 0.29) is 24.0 Å². The molecule has 3 rings (SSSR count). The van der Waals surface area contributed by atoms with Gasteiger partial charge in [-0.25, -0.2) is 0 Å². The van der Waals surface area contributed by atoms with E-state index in [1.165, 1.54) is 12.8 Å². The van der Waals surface area contributed by atoms with Gasteiger partial charge in [0.1, 0.15) is 0 Å². The lowest BCUT2D eigenvalue weighted by Crippen LogP contribution is -2.47. The normalized spacial score (nSPS) is 24.1. The fraction of sp³-hybridized carbons (Fsp3) is 0.957. The van der Waals surface area contributed by atoms with E-state index >= 15 is 0 Å². The molecule has 1 N–H and O–H groups in total. The number of likely N-dealkylation sites (tertiary alicyclic amines) is 1. The summed E-state index contributed by atoms with van der Waals surface area (Å²) < 4.78 is 23.2. The fourth-order valence-electron chi connectivity index (χ4n) is 4.36. The van der Waals surface area contributed by atoms with E-state index < -0.39 is 0 Å². The van der Waals surface area contributed by atoms with Crippen LogP contribution in [0.1, 0.15) is 58.3 Å². The van der Waals surface area contributed by atoms with Gasteiger partial charge in [-0.1, -0.05) is 0 Å². The van der Waals surface area contributed by atoms with Gasteiger partial charge >= 0.3 is 0 Å². The predicted octanol–water partition coefficient (Wildman–Crippen LogP) is 3.45. The average molecular weight is 554 g/mol. The Morgan fingerprint density at radius 1 is 1.03 bits per heavy atom. The van der Waals surface area contributed by atoms with Gasteiger partial charge < -0.3 is 29.2 Å². The largest absolute Gasteiger partial charge is 0.381 e. The first-order chi connectivity index (χ1) is 14.8. The van der Waals surface area contributed by atoms with Gasteiger partial charge in [-0.15, -0.1) is 24.0 Å². The number of hydrogen-bond acceptors (Lipinski definition) is 5. The van der Waals surface area contributed by atoms with Crippen molar-refractivity contribution in [3.05, 3.63) is 0 Å². The van der Waals surface area contributed by atoms with E-state index in [1.807, 2.05) is 0 Å². The highest BCUT2D eigenvalue weighted by Crippen LogP contribution is 2.18. The topological polar surface area (TPSA) is 64.6 Å². The highest BCUT2D eigenvalue weighted by Gasteiger charge is 2.23. The SMILES string of the molecule is CCNC(=NCCCOCC1CCOCC1)N1CCC(OCC2CCCCO2)CC1.I. The number of piperidine rings is 1. The number of rotatable bonds is 10. The van der Waals surface area contributed by atoms with Crippen molar-refractivity contribution in [2.75, 3.05) is 65.8 Å². The Balaban J connectivity index is 0.00000341. The number of nitrogens with zero attached hydrogens (tertiary/aromatic N) is 2. The molecule has 1 atom stereocenters. The molecule has 0 saturated carbocycles. The van der Waals surface area contributed by atoms with Crippen LogP contribution >= 0.6 is 24.0 Å². The van der Waals surface area contributed by atoms with Gasteiger partial charge in [0.25, 0.3) is 0 Å². The summed E-state index contributed by atoms with van der Waals surface area (Å²) in [5.41, 5.74) is 0. The minimum atomic E-state index is 0. The van der Waals surface area contributed by atoms with Gasteiger partial charge in [-0.3, -0.25) is 4.99 Å². The molecule has 0 aromatic heterocycles. The summed E-state index contributed by atoms with van der Waals surface area (Å²) >= 11 is 0. The maximum atomic E-state index is 6.15. The van der Waals surface area contributed by atoms with Gasteiger partial charge in [0.15, 0.2) is 5.96 Å². The van der Waals surface area contributed by atoms with Crippen molar-refractivity contribution < 1.29 is 18.9 Å². The third kappa shape index (κ3) is 10.5. The second-order valence-corrected chi connectivity index (χ2v) is 8.73. The average Bonchev–Trinajstić information content (AvgIpc) is 2.81. The first-order valence-corrected chi connectivity index (χ1v) is 12.3. The maximum absolute atomic E-state index is 6.15. The first-order valence-electron chi connectivity index (χ1n) is 12.3. The van der Waals surface area contributed by atoms with Crippen molar-refractivity contribution in [2.24, 2.45) is 10.9 Å². The molecule has 0 aliphatic carbocycles. The summed E-state index contributed by atoms with van der Waals surface area (Å²) in [7, 11) is 0. The van der Waals surface area contributed by atoms with Crippen molar-refractivity contribution in [1.82, 2.24) is 10.2 Å². The zero-order valence-electron chi connectivity index (χ0n) is 19.4. The molecule has 0 radical (unpaired) electrons. The van der Waals surface area contributed by atoms with E-state index in [9.17, 15) is 0 Å². The summed E-state index contributed by atoms with van der Waals surface area (Å²) in [6.45, 7) is 10.9. The third-order valence-corrected chi connectivity index (χ3v) is 6.27. The summed E-state index contributed by atoms with van der Waals surface area (Å²) in [4.78, 5) is 7.21. The Bertz CT molecular complexity index is 477. The summed E-state index contributed by atoms with van der Waals surface area (Å²) in [5, 5.41) is 3.45. The molecule has 8 heteroatoms. The smallest absolute Gasteiger partial charge is 0.193 e. The van der Waals surface area contributed by atoms with Gasteiger partial charge in [0, 0.05) is 59.2 Å². The van der Waals surface area contributed by atoms with Crippen LogP contribution in [0.4, 0.5) is 0 Å². The van der Waals surface area contributed by atoms with E-state index in [1.54, 1.807) is 0 Å². The van der Waals surface area contributed by atoms with E-state index in [4.69, 9.17) is 23.9 Å². The minimum Gasteiger partial charge on any atom is -0.381 e. The molecule has 31 heavy (non-hydrogen) atoms. The first kappa shape index (κ1) is 27.1. The highest BCUT2D eigenvalue weighted by molar-refractivity contribution is 14.0. The van der Waals surface area contributed by atoms with Crippen LogP contribution in [0, 0.1) is 5.92 Å². The Labute approximate surface area is 206 Å². The molecule has 0 aromatic carbocycles. The molecule has 3 aliphatic heterocycles. The molecule has 0 bridgehead atoms. The van der Waals surface area contributed by atoms with Crippen molar-refractivity contribution in [1.29, 1.82) is 0 Å². The van der Waals surface area contributed by atoms with Crippen molar-refractivity contribution in [2.45, 2.75) is 70.5 Å².